The van der Waals surface area contributed by atoms with Crippen LogP contribution in [0.25, 0.3) is 0 Å². The maximum Gasteiger partial charge on any atom is 0.313 e. The maximum absolute atomic E-state index is 11.0. The van der Waals surface area contributed by atoms with Gasteiger partial charge in [0.1, 0.15) is 11.4 Å². The van der Waals surface area contributed by atoms with Gasteiger partial charge in [0.15, 0.2) is 0 Å². The van der Waals surface area contributed by atoms with Crippen molar-refractivity contribution >= 4 is 11.8 Å². The predicted molar refractivity (Wildman–Crippen MR) is 41.4 cm³/mol. The first kappa shape index (κ1) is 7.77. The first-order valence-electron chi connectivity index (χ1n) is 4.26. The van der Waals surface area contributed by atoms with E-state index in [1.54, 1.807) is 6.92 Å². The third kappa shape index (κ3) is 0.822. The monoisotopic (exact) mass is 168 g/mol. The lowest BCUT2D eigenvalue weighted by molar-refractivity contribution is -0.202. The molecular formula is C9H12O3. The average molecular weight is 168 g/mol. The molecule has 1 aliphatic carbocycles. The first-order valence-corrected chi connectivity index (χ1v) is 4.26. The van der Waals surface area contributed by atoms with Crippen LogP contribution in [0, 0.1) is 11.8 Å². The second-order valence-electron chi connectivity index (χ2n) is 4.03. The molecule has 2 aliphatic rings. The van der Waals surface area contributed by atoms with Crippen molar-refractivity contribution in [2.24, 2.45) is 11.8 Å². The molecule has 0 radical (unpaired) electrons. The number of rotatable bonds is 1. The summed E-state index contributed by atoms with van der Waals surface area (Å²) in [6, 6.07) is 0. The third-order valence-corrected chi connectivity index (χ3v) is 3.10. The van der Waals surface area contributed by atoms with Gasteiger partial charge in [-0.05, 0) is 26.7 Å². The van der Waals surface area contributed by atoms with Crippen molar-refractivity contribution in [3.05, 3.63) is 0 Å². The lowest BCUT2D eigenvalue weighted by atomic mass is 9.87. The third-order valence-electron chi connectivity index (χ3n) is 3.10. The van der Waals surface area contributed by atoms with Crippen molar-refractivity contribution < 1.29 is 14.3 Å². The minimum Gasteiger partial charge on any atom is -0.458 e. The van der Waals surface area contributed by atoms with Crippen LogP contribution in [-0.2, 0) is 14.3 Å². The number of hydrogen-bond acceptors (Lipinski definition) is 3. The summed E-state index contributed by atoms with van der Waals surface area (Å²) in [5, 5.41) is 0. The lowest BCUT2D eigenvalue weighted by Gasteiger charge is -2.39. The standard InChI is InChI=1S/C9H12O3/c1-5(10)6-3-7-8(11)12-9(7,2)4-6/h6-7H,3-4H2,1-2H3/t6-,7+,9+/m0/s1. The molecule has 1 saturated heterocycles. The van der Waals surface area contributed by atoms with Crippen LogP contribution in [0.4, 0.5) is 0 Å². The van der Waals surface area contributed by atoms with Gasteiger partial charge in [0.25, 0.3) is 0 Å². The molecule has 0 aromatic heterocycles. The van der Waals surface area contributed by atoms with E-state index in [2.05, 4.69) is 0 Å². The van der Waals surface area contributed by atoms with Crippen LogP contribution in [0.2, 0.25) is 0 Å². The van der Waals surface area contributed by atoms with Crippen LogP contribution >= 0.6 is 0 Å². The molecule has 0 aromatic rings. The predicted octanol–water partition coefficient (Wildman–Crippen LogP) is 0.917. The van der Waals surface area contributed by atoms with Gasteiger partial charge in [-0.3, -0.25) is 9.59 Å². The van der Waals surface area contributed by atoms with Gasteiger partial charge in [0.05, 0.1) is 5.92 Å². The van der Waals surface area contributed by atoms with Crippen LogP contribution in [0.5, 0.6) is 0 Å². The van der Waals surface area contributed by atoms with Crippen molar-refractivity contribution in [2.45, 2.75) is 32.3 Å². The summed E-state index contributed by atoms with van der Waals surface area (Å²) in [5.74, 6) is 0.0983. The molecule has 1 saturated carbocycles. The highest BCUT2D eigenvalue weighted by atomic mass is 16.6. The Morgan fingerprint density at radius 2 is 2.33 bits per heavy atom. The summed E-state index contributed by atoms with van der Waals surface area (Å²) < 4.78 is 5.04. The Kier molecular flexibility index (Phi) is 1.35. The number of hydrogen-bond donors (Lipinski definition) is 0. The zero-order valence-corrected chi connectivity index (χ0v) is 7.29. The molecule has 0 N–H and O–H groups in total. The minimum absolute atomic E-state index is 0.00796. The molecule has 0 bridgehead atoms. The van der Waals surface area contributed by atoms with Crippen molar-refractivity contribution in [3.8, 4) is 0 Å². The summed E-state index contributed by atoms with van der Waals surface area (Å²) >= 11 is 0. The first-order chi connectivity index (χ1) is 5.53. The Labute approximate surface area is 71.1 Å². The Morgan fingerprint density at radius 3 is 2.75 bits per heavy atom. The number of Topliss-reactive ketones (excluding diaryl/α,β-unsaturated/α-hetero) is 1. The van der Waals surface area contributed by atoms with Crippen molar-refractivity contribution in [1.29, 1.82) is 0 Å². The van der Waals surface area contributed by atoms with Crippen LogP contribution in [-0.4, -0.2) is 17.4 Å². The van der Waals surface area contributed by atoms with Gasteiger partial charge in [0, 0.05) is 5.92 Å². The molecular weight excluding hydrogens is 156 g/mol. The molecule has 3 heteroatoms. The van der Waals surface area contributed by atoms with Gasteiger partial charge < -0.3 is 4.74 Å². The van der Waals surface area contributed by atoms with E-state index in [1.807, 2.05) is 6.92 Å². The lowest BCUT2D eigenvalue weighted by Crippen LogP contribution is -2.51. The fourth-order valence-corrected chi connectivity index (χ4v) is 2.26. The molecule has 3 atom stereocenters. The zero-order valence-electron chi connectivity index (χ0n) is 7.29. The summed E-state index contributed by atoms with van der Waals surface area (Å²) in [5.41, 5.74) is -0.312. The van der Waals surface area contributed by atoms with Crippen LogP contribution in [0.3, 0.4) is 0 Å². The quantitative estimate of drug-likeness (QED) is 0.547. The molecule has 2 rings (SSSR count). The van der Waals surface area contributed by atoms with Gasteiger partial charge in [-0.2, -0.15) is 0 Å². The van der Waals surface area contributed by atoms with Crippen LogP contribution < -0.4 is 0 Å². The second-order valence-corrected chi connectivity index (χ2v) is 4.03. The molecule has 0 amide bonds. The number of carbonyl (C=O) groups excluding carboxylic acids is 2. The molecule has 0 spiro atoms. The molecule has 1 aliphatic heterocycles. The highest BCUT2D eigenvalue weighted by Crippen LogP contribution is 2.50. The van der Waals surface area contributed by atoms with E-state index < -0.39 is 0 Å². The smallest absolute Gasteiger partial charge is 0.313 e. The number of carbonyl (C=O) groups is 2. The van der Waals surface area contributed by atoms with E-state index in [4.69, 9.17) is 4.74 Å². The topological polar surface area (TPSA) is 43.4 Å². The van der Waals surface area contributed by atoms with Crippen LogP contribution in [0.15, 0.2) is 0 Å². The number of fused-ring (bicyclic) bond motifs is 1. The zero-order chi connectivity index (χ0) is 8.93. The van der Waals surface area contributed by atoms with E-state index in [0.717, 1.165) is 6.42 Å². The highest BCUT2D eigenvalue weighted by molar-refractivity contribution is 5.85. The second kappa shape index (κ2) is 2.09. The van der Waals surface area contributed by atoms with Gasteiger partial charge >= 0.3 is 5.97 Å². The molecule has 66 valence electrons. The van der Waals surface area contributed by atoms with E-state index in [9.17, 15) is 9.59 Å². The summed E-state index contributed by atoms with van der Waals surface area (Å²) in [6.07, 6.45) is 1.42. The fraction of sp³-hybridized carbons (Fsp3) is 0.778. The highest BCUT2D eigenvalue weighted by Gasteiger charge is 2.59. The number of ketones is 1. The average Bonchev–Trinajstić information content (AvgIpc) is 2.22. The normalized spacial score (nSPS) is 44.7. The summed E-state index contributed by atoms with van der Waals surface area (Å²) in [4.78, 5) is 22.0. The molecule has 3 nitrogen and oxygen atoms in total. The number of ether oxygens (including phenoxy) is 1. The summed E-state index contributed by atoms with van der Waals surface area (Å²) in [7, 11) is 0. The van der Waals surface area contributed by atoms with Gasteiger partial charge in [0.2, 0.25) is 0 Å². The molecule has 0 unspecified atom stereocenters. The Hall–Kier alpha value is -0.860. The number of esters is 1. The van der Waals surface area contributed by atoms with E-state index in [1.165, 1.54) is 0 Å². The van der Waals surface area contributed by atoms with Crippen molar-refractivity contribution in [1.82, 2.24) is 0 Å². The van der Waals surface area contributed by atoms with Gasteiger partial charge in [-0.25, -0.2) is 0 Å². The maximum atomic E-state index is 11.0. The van der Waals surface area contributed by atoms with E-state index >= 15 is 0 Å². The Balaban J connectivity index is 2.14. The SMILES string of the molecule is CC(=O)[C@H]1C[C@@H]2C(=O)O[C@]2(C)C1. The largest absolute Gasteiger partial charge is 0.458 e. The fourth-order valence-electron chi connectivity index (χ4n) is 2.26. The molecule has 0 aromatic carbocycles. The Morgan fingerprint density at radius 1 is 1.67 bits per heavy atom. The Bertz CT molecular complexity index is 258. The van der Waals surface area contributed by atoms with Crippen molar-refractivity contribution in [3.63, 3.8) is 0 Å². The molecule has 2 fully saturated rings. The molecule has 1 heterocycles. The summed E-state index contributed by atoms with van der Waals surface area (Å²) in [6.45, 7) is 3.51. The van der Waals surface area contributed by atoms with Crippen molar-refractivity contribution in [2.75, 3.05) is 0 Å². The van der Waals surface area contributed by atoms with E-state index in [-0.39, 0.29) is 29.2 Å². The van der Waals surface area contributed by atoms with Crippen LogP contribution in [0.1, 0.15) is 26.7 Å². The van der Waals surface area contributed by atoms with Gasteiger partial charge in [-0.15, -0.1) is 0 Å². The molecule has 12 heavy (non-hydrogen) atoms. The van der Waals surface area contributed by atoms with Gasteiger partial charge in [-0.1, -0.05) is 0 Å². The van der Waals surface area contributed by atoms with E-state index in [0.29, 0.717) is 6.42 Å². The minimum atomic E-state index is -0.312.